The average molecular weight is 403 g/mol. The van der Waals surface area contributed by atoms with Crippen molar-refractivity contribution in [1.82, 2.24) is 31.0 Å². The largest absolute Gasteiger partial charge is 0.350 e. The van der Waals surface area contributed by atoms with Gasteiger partial charge in [0.2, 0.25) is 0 Å². The number of rotatable bonds is 6. The summed E-state index contributed by atoms with van der Waals surface area (Å²) in [5, 5.41) is 17.3. The number of nitrogens with zero attached hydrogens (tertiary/aromatic N) is 3. The first kappa shape index (κ1) is 20.0. The van der Waals surface area contributed by atoms with E-state index in [1.54, 1.807) is 0 Å². The van der Waals surface area contributed by atoms with Gasteiger partial charge in [0.05, 0.1) is 0 Å². The van der Waals surface area contributed by atoms with E-state index in [2.05, 4.69) is 31.0 Å². The summed E-state index contributed by atoms with van der Waals surface area (Å²) in [5.41, 5.74) is 4.55. The molecular formula is C19H23ClN6O2. The lowest BCUT2D eigenvalue weighted by atomic mass is 10.1. The van der Waals surface area contributed by atoms with Crippen LogP contribution in [-0.2, 0) is 25.8 Å². The number of hydrogen-bond acceptors (Lipinski definition) is 6. The molecule has 0 spiro atoms. The van der Waals surface area contributed by atoms with Gasteiger partial charge in [0, 0.05) is 49.3 Å². The molecule has 0 fully saturated rings. The summed E-state index contributed by atoms with van der Waals surface area (Å²) >= 11 is 0. The third-order valence-corrected chi connectivity index (χ3v) is 4.71. The maximum Gasteiger partial charge on any atom is 0.272 e. The minimum atomic E-state index is -0.134. The lowest BCUT2D eigenvalue weighted by Gasteiger charge is -2.12. The van der Waals surface area contributed by atoms with Gasteiger partial charge >= 0.3 is 0 Å². The summed E-state index contributed by atoms with van der Waals surface area (Å²) in [6.07, 6.45) is 2.36. The van der Waals surface area contributed by atoms with Crippen molar-refractivity contribution in [2.45, 2.75) is 32.7 Å². The molecule has 0 saturated heterocycles. The second kappa shape index (κ2) is 8.99. The highest BCUT2D eigenvalue weighted by atomic mass is 35.5. The normalized spacial score (nSPS) is 12.9. The molecule has 0 atom stereocenters. The monoisotopic (exact) mass is 402 g/mol. The number of H-pyrrole nitrogens is 1. The lowest BCUT2D eigenvalue weighted by Crippen LogP contribution is -2.29. The number of carbonyl (C=O) groups excluding carboxylic acids is 1. The number of carbonyl (C=O) groups is 1. The lowest BCUT2D eigenvalue weighted by molar-refractivity contribution is 0.0948. The second-order valence-corrected chi connectivity index (χ2v) is 6.53. The van der Waals surface area contributed by atoms with Gasteiger partial charge in [0.25, 0.3) is 11.8 Å². The van der Waals surface area contributed by atoms with E-state index in [9.17, 15) is 4.79 Å². The van der Waals surface area contributed by atoms with Gasteiger partial charge in [-0.05, 0) is 24.1 Å². The van der Waals surface area contributed by atoms with Crippen LogP contribution in [0.5, 0.6) is 0 Å². The van der Waals surface area contributed by atoms with Crippen molar-refractivity contribution in [1.29, 1.82) is 0 Å². The predicted molar refractivity (Wildman–Crippen MR) is 106 cm³/mol. The van der Waals surface area contributed by atoms with Crippen molar-refractivity contribution < 1.29 is 9.32 Å². The standard InChI is InChI=1S/C19H22N6O2.ClH/c1-2-16-22-19(27-25-16)13-5-3-12(4-6-13)7-10-21-18(26)17-14-11-20-9-8-15(14)23-24-17;/h3-6,20H,2,7-11H2,1H3,(H,21,26)(H,23,24);1H. The van der Waals surface area contributed by atoms with Gasteiger partial charge in [0.1, 0.15) is 0 Å². The van der Waals surface area contributed by atoms with Crippen LogP contribution >= 0.6 is 12.4 Å². The van der Waals surface area contributed by atoms with Crippen LogP contribution in [0.4, 0.5) is 0 Å². The molecule has 1 aliphatic heterocycles. The molecule has 1 amide bonds. The van der Waals surface area contributed by atoms with E-state index in [0.29, 0.717) is 30.5 Å². The van der Waals surface area contributed by atoms with Crippen LogP contribution in [0.2, 0.25) is 0 Å². The Bertz CT molecular complexity index is 934. The van der Waals surface area contributed by atoms with Crippen LogP contribution in [0.3, 0.4) is 0 Å². The Morgan fingerprint density at radius 3 is 2.86 bits per heavy atom. The summed E-state index contributed by atoms with van der Waals surface area (Å²) in [5.74, 6) is 1.10. The molecule has 9 heteroatoms. The van der Waals surface area contributed by atoms with Crippen molar-refractivity contribution in [3.8, 4) is 11.5 Å². The summed E-state index contributed by atoms with van der Waals surface area (Å²) in [6, 6.07) is 7.94. The van der Waals surface area contributed by atoms with Gasteiger partial charge in [0.15, 0.2) is 11.5 Å². The zero-order chi connectivity index (χ0) is 18.6. The first-order chi connectivity index (χ1) is 13.2. The minimum Gasteiger partial charge on any atom is -0.350 e. The van der Waals surface area contributed by atoms with Gasteiger partial charge in [-0.25, -0.2) is 0 Å². The summed E-state index contributed by atoms with van der Waals surface area (Å²) in [4.78, 5) is 16.7. The molecule has 148 valence electrons. The molecular weight excluding hydrogens is 380 g/mol. The van der Waals surface area contributed by atoms with E-state index in [0.717, 1.165) is 48.2 Å². The Kier molecular flexibility index (Phi) is 6.43. The topological polar surface area (TPSA) is 109 Å². The first-order valence-corrected chi connectivity index (χ1v) is 9.21. The summed E-state index contributed by atoms with van der Waals surface area (Å²) in [6.45, 7) is 4.14. The molecule has 28 heavy (non-hydrogen) atoms. The Hall–Kier alpha value is -2.71. The van der Waals surface area contributed by atoms with Crippen molar-refractivity contribution in [2.24, 2.45) is 0 Å². The SMILES string of the molecule is CCc1noc(-c2ccc(CCNC(=O)c3n[nH]c4c3CNCC4)cc2)n1.Cl. The van der Waals surface area contributed by atoms with Gasteiger partial charge in [-0.2, -0.15) is 10.1 Å². The number of hydrogen-bond donors (Lipinski definition) is 3. The maximum absolute atomic E-state index is 12.4. The van der Waals surface area contributed by atoms with E-state index in [-0.39, 0.29) is 18.3 Å². The van der Waals surface area contributed by atoms with Crippen LogP contribution in [-0.4, -0.2) is 39.3 Å². The van der Waals surface area contributed by atoms with Crippen molar-refractivity contribution in [3.63, 3.8) is 0 Å². The smallest absolute Gasteiger partial charge is 0.272 e. The van der Waals surface area contributed by atoms with Crippen molar-refractivity contribution in [2.75, 3.05) is 13.1 Å². The number of aromatic amines is 1. The zero-order valence-electron chi connectivity index (χ0n) is 15.6. The molecule has 0 bridgehead atoms. The van der Waals surface area contributed by atoms with Gasteiger partial charge in [-0.3, -0.25) is 9.89 Å². The van der Waals surface area contributed by atoms with Gasteiger partial charge in [-0.1, -0.05) is 24.2 Å². The Morgan fingerprint density at radius 2 is 2.11 bits per heavy atom. The van der Waals surface area contributed by atoms with E-state index >= 15 is 0 Å². The predicted octanol–water partition coefficient (Wildman–Crippen LogP) is 2.06. The molecule has 8 nitrogen and oxygen atoms in total. The quantitative estimate of drug-likeness (QED) is 0.582. The van der Waals surface area contributed by atoms with Crippen LogP contribution in [0, 0.1) is 0 Å². The second-order valence-electron chi connectivity index (χ2n) is 6.53. The summed E-state index contributed by atoms with van der Waals surface area (Å²) < 4.78 is 5.25. The minimum absolute atomic E-state index is 0. The van der Waals surface area contributed by atoms with Crippen LogP contribution in [0.25, 0.3) is 11.5 Å². The Morgan fingerprint density at radius 1 is 1.29 bits per heavy atom. The number of aryl methyl sites for hydroxylation is 1. The fraction of sp³-hybridized carbons (Fsp3) is 0.368. The van der Waals surface area contributed by atoms with E-state index in [4.69, 9.17) is 4.52 Å². The summed E-state index contributed by atoms with van der Waals surface area (Å²) in [7, 11) is 0. The van der Waals surface area contributed by atoms with E-state index in [1.807, 2.05) is 31.2 Å². The van der Waals surface area contributed by atoms with E-state index < -0.39 is 0 Å². The average Bonchev–Trinajstić information content (AvgIpc) is 3.35. The zero-order valence-corrected chi connectivity index (χ0v) is 16.4. The number of aromatic nitrogens is 4. The van der Waals surface area contributed by atoms with Crippen LogP contribution in [0.1, 0.15) is 40.1 Å². The highest BCUT2D eigenvalue weighted by molar-refractivity contribution is 5.94. The number of halogens is 1. The molecule has 0 radical (unpaired) electrons. The molecule has 0 unspecified atom stereocenters. The van der Waals surface area contributed by atoms with Crippen LogP contribution < -0.4 is 10.6 Å². The third-order valence-electron chi connectivity index (χ3n) is 4.71. The third kappa shape index (κ3) is 4.23. The van der Waals surface area contributed by atoms with Gasteiger partial charge in [-0.15, -0.1) is 12.4 Å². The van der Waals surface area contributed by atoms with Gasteiger partial charge < -0.3 is 15.2 Å². The molecule has 3 N–H and O–H groups in total. The van der Waals surface area contributed by atoms with Crippen molar-refractivity contribution >= 4 is 18.3 Å². The van der Waals surface area contributed by atoms with Crippen molar-refractivity contribution in [3.05, 3.63) is 52.6 Å². The number of benzene rings is 1. The number of fused-ring (bicyclic) bond motifs is 1. The maximum atomic E-state index is 12.4. The molecule has 3 heterocycles. The Balaban J connectivity index is 0.00000225. The molecule has 1 aliphatic rings. The van der Waals surface area contributed by atoms with E-state index in [1.165, 1.54) is 0 Å². The fourth-order valence-electron chi connectivity index (χ4n) is 3.15. The molecule has 1 aromatic carbocycles. The van der Waals surface area contributed by atoms with Crippen LogP contribution in [0.15, 0.2) is 28.8 Å². The number of amides is 1. The highest BCUT2D eigenvalue weighted by Crippen LogP contribution is 2.18. The molecule has 4 rings (SSSR count). The first-order valence-electron chi connectivity index (χ1n) is 9.21. The Labute approximate surface area is 168 Å². The molecule has 2 aromatic heterocycles. The molecule has 3 aromatic rings. The molecule has 0 aliphatic carbocycles. The number of nitrogens with one attached hydrogen (secondary N) is 3. The highest BCUT2D eigenvalue weighted by Gasteiger charge is 2.21. The molecule has 0 saturated carbocycles. The fourth-order valence-corrected chi connectivity index (χ4v) is 3.15.